The van der Waals surface area contributed by atoms with Crippen LogP contribution >= 0.6 is 11.8 Å². The van der Waals surface area contributed by atoms with Crippen molar-refractivity contribution in [3.63, 3.8) is 0 Å². The number of thioether (sulfide) groups is 1. The average molecular weight is 161 g/mol. The Kier molecular flexibility index (Phi) is 5.02. The SMILES string of the molecule is CCSC(=O)NC(=O)CC. The van der Waals surface area contributed by atoms with Gasteiger partial charge in [0.2, 0.25) is 5.91 Å². The van der Waals surface area contributed by atoms with Crippen molar-refractivity contribution in [1.29, 1.82) is 0 Å². The first-order valence-corrected chi connectivity index (χ1v) is 4.15. The third-order valence-corrected chi connectivity index (χ3v) is 1.49. The van der Waals surface area contributed by atoms with Gasteiger partial charge in [-0.05, 0) is 5.75 Å². The number of hydrogen-bond donors (Lipinski definition) is 1. The summed E-state index contributed by atoms with van der Waals surface area (Å²) in [4.78, 5) is 21.2. The standard InChI is InChI=1S/C6H11NO2S/c1-3-5(8)7-6(9)10-4-2/h3-4H2,1-2H3,(H,7,8,9). The van der Waals surface area contributed by atoms with Gasteiger partial charge in [-0.15, -0.1) is 0 Å². The highest BCUT2D eigenvalue weighted by atomic mass is 32.2. The number of carbonyl (C=O) groups excluding carboxylic acids is 2. The van der Waals surface area contributed by atoms with E-state index in [2.05, 4.69) is 5.32 Å². The van der Waals surface area contributed by atoms with E-state index in [0.717, 1.165) is 11.8 Å². The summed E-state index contributed by atoms with van der Waals surface area (Å²) in [7, 11) is 0. The molecular weight excluding hydrogens is 150 g/mol. The molecule has 0 spiro atoms. The van der Waals surface area contributed by atoms with Gasteiger partial charge >= 0.3 is 0 Å². The molecule has 0 radical (unpaired) electrons. The van der Waals surface area contributed by atoms with E-state index in [-0.39, 0.29) is 11.1 Å². The lowest BCUT2D eigenvalue weighted by molar-refractivity contribution is -0.119. The Hall–Kier alpha value is -0.510. The molecule has 0 rings (SSSR count). The van der Waals surface area contributed by atoms with Gasteiger partial charge in [0.05, 0.1) is 0 Å². The first-order chi connectivity index (χ1) is 4.70. The molecule has 3 nitrogen and oxygen atoms in total. The fraction of sp³-hybridized carbons (Fsp3) is 0.667. The van der Waals surface area contributed by atoms with Crippen LogP contribution in [0.25, 0.3) is 0 Å². The maximum absolute atomic E-state index is 10.6. The monoisotopic (exact) mass is 161 g/mol. The highest BCUT2D eigenvalue weighted by Crippen LogP contribution is 1.98. The largest absolute Gasteiger partial charge is 0.287 e. The maximum atomic E-state index is 10.6. The number of rotatable bonds is 2. The molecule has 0 atom stereocenters. The lowest BCUT2D eigenvalue weighted by atomic mass is 10.5. The van der Waals surface area contributed by atoms with Gasteiger partial charge in [0, 0.05) is 6.42 Å². The van der Waals surface area contributed by atoms with Crippen molar-refractivity contribution < 1.29 is 9.59 Å². The molecule has 0 fully saturated rings. The summed E-state index contributed by atoms with van der Waals surface area (Å²) in [5.41, 5.74) is 0. The highest BCUT2D eigenvalue weighted by Gasteiger charge is 2.03. The van der Waals surface area contributed by atoms with Crippen LogP contribution < -0.4 is 5.32 Å². The van der Waals surface area contributed by atoms with Gasteiger partial charge in [-0.2, -0.15) is 0 Å². The van der Waals surface area contributed by atoms with E-state index in [1.165, 1.54) is 0 Å². The Morgan fingerprint density at radius 3 is 2.40 bits per heavy atom. The minimum Gasteiger partial charge on any atom is -0.287 e. The van der Waals surface area contributed by atoms with Crippen LogP contribution in [0.3, 0.4) is 0 Å². The van der Waals surface area contributed by atoms with Crippen molar-refractivity contribution in [3.8, 4) is 0 Å². The molecule has 10 heavy (non-hydrogen) atoms. The molecule has 0 saturated carbocycles. The topological polar surface area (TPSA) is 46.2 Å². The molecule has 0 bridgehead atoms. The summed E-state index contributed by atoms with van der Waals surface area (Å²) in [6, 6.07) is 0. The van der Waals surface area contributed by atoms with Crippen molar-refractivity contribution >= 4 is 22.9 Å². The Bertz CT molecular complexity index is 136. The van der Waals surface area contributed by atoms with Crippen molar-refractivity contribution in [3.05, 3.63) is 0 Å². The molecule has 1 N–H and O–H groups in total. The molecule has 0 aliphatic rings. The molecule has 0 aromatic heterocycles. The summed E-state index contributed by atoms with van der Waals surface area (Å²) in [5, 5.41) is 1.96. The van der Waals surface area contributed by atoms with Crippen molar-refractivity contribution in [2.45, 2.75) is 20.3 Å². The molecular formula is C6H11NO2S. The van der Waals surface area contributed by atoms with Crippen LogP contribution in [0.1, 0.15) is 20.3 Å². The Morgan fingerprint density at radius 2 is 2.00 bits per heavy atom. The zero-order valence-corrected chi connectivity index (χ0v) is 6.96. The van der Waals surface area contributed by atoms with Gasteiger partial charge in [-0.25, -0.2) is 0 Å². The fourth-order valence-corrected chi connectivity index (χ4v) is 0.818. The van der Waals surface area contributed by atoms with E-state index >= 15 is 0 Å². The van der Waals surface area contributed by atoms with Crippen LogP contribution in [-0.2, 0) is 4.79 Å². The van der Waals surface area contributed by atoms with Crippen LogP contribution in [0.5, 0.6) is 0 Å². The van der Waals surface area contributed by atoms with Gasteiger partial charge in [0.1, 0.15) is 0 Å². The lowest BCUT2D eigenvalue weighted by Crippen LogP contribution is -2.25. The van der Waals surface area contributed by atoms with E-state index in [1.807, 2.05) is 6.92 Å². The molecule has 58 valence electrons. The van der Waals surface area contributed by atoms with Gasteiger partial charge in [-0.3, -0.25) is 14.9 Å². The highest BCUT2D eigenvalue weighted by molar-refractivity contribution is 8.13. The second kappa shape index (κ2) is 5.29. The minimum absolute atomic E-state index is 0.217. The van der Waals surface area contributed by atoms with E-state index in [9.17, 15) is 9.59 Å². The van der Waals surface area contributed by atoms with Gasteiger partial charge in [0.15, 0.2) is 0 Å². The second-order valence-electron chi connectivity index (χ2n) is 1.62. The number of nitrogens with one attached hydrogen (secondary N) is 1. The minimum atomic E-state index is -0.255. The average Bonchev–Trinajstić information content (AvgIpc) is 1.88. The zero-order valence-electron chi connectivity index (χ0n) is 6.14. The van der Waals surface area contributed by atoms with E-state index in [0.29, 0.717) is 12.2 Å². The van der Waals surface area contributed by atoms with E-state index < -0.39 is 0 Å². The molecule has 0 aromatic rings. The van der Waals surface area contributed by atoms with Crippen molar-refractivity contribution in [2.24, 2.45) is 0 Å². The van der Waals surface area contributed by atoms with Crippen molar-refractivity contribution in [1.82, 2.24) is 5.32 Å². The van der Waals surface area contributed by atoms with Gasteiger partial charge in [-0.1, -0.05) is 25.6 Å². The predicted molar refractivity (Wildman–Crippen MR) is 42.0 cm³/mol. The summed E-state index contributed by atoms with van der Waals surface area (Å²) in [5.74, 6) is 0.481. The van der Waals surface area contributed by atoms with Gasteiger partial charge < -0.3 is 0 Å². The van der Waals surface area contributed by atoms with E-state index in [4.69, 9.17) is 0 Å². The normalized spacial score (nSPS) is 9.00. The second-order valence-corrected chi connectivity index (χ2v) is 2.86. The Balaban J connectivity index is 3.47. The number of amides is 2. The molecule has 4 heteroatoms. The zero-order chi connectivity index (χ0) is 7.98. The molecule has 0 aliphatic carbocycles. The summed E-state index contributed by atoms with van der Waals surface area (Å²) in [6.45, 7) is 3.57. The van der Waals surface area contributed by atoms with Crippen LogP contribution in [0.15, 0.2) is 0 Å². The molecule has 0 aliphatic heterocycles. The van der Waals surface area contributed by atoms with Crippen LogP contribution in [0, 0.1) is 0 Å². The summed E-state index contributed by atoms with van der Waals surface area (Å²) >= 11 is 1.10. The molecule has 0 aromatic carbocycles. The molecule has 0 saturated heterocycles. The van der Waals surface area contributed by atoms with E-state index in [1.54, 1.807) is 6.92 Å². The third kappa shape index (κ3) is 4.38. The number of imide groups is 1. The van der Waals surface area contributed by atoms with Gasteiger partial charge in [0.25, 0.3) is 5.24 Å². The first kappa shape index (κ1) is 9.49. The first-order valence-electron chi connectivity index (χ1n) is 3.17. The Morgan fingerprint density at radius 1 is 1.40 bits per heavy atom. The fourth-order valence-electron chi connectivity index (χ4n) is 0.369. The molecule has 0 heterocycles. The smallest absolute Gasteiger partial charge is 0.285 e. The third-order valence-electron chi connectivity index (χ3n) is 0.838. The van der Waals surface area contributed by atoms with Crippen LogP contribution in [0.2, 0.25) is 0 Å². The van der Waals surface area contributed by atoms with Crippen molar-refractivity contribution in [2.75, 3.05) is 5.75 Å². The van der Waals surface area contributed by atoms with Crippen LogP contribution in [-0.4, -0.2) is 16.9 Å². The summed E-state index contributed by atoms with van der Waals surface area (Å²) < 4.78 is 0. The predicted octanol–water partition coefficient (Wildman–Crippen LogP) is 1.39. The lowest BCUT2D eigenvalue weighted by Gasteiger charge is -1.97. The summed E-state index contributed by atoms with van der Waals surface area (Å²) in [6.07, 6.45) is 0.357. The molecule has 0 unspecified atom stereocenters. The number of hydrogen-bond acceptors (Lipinski definition) is 3. The number of carbonyl (C=O) groups is 2. The van der Waals surface area contributed by atoms with Crippen LogP contribution in [0.4, 0.5) is 4.79 Å². The quantitative estimate of drug-likeness (QED) is 0.665. The Labute approximate surface area is 64.6 Å². The maximum Gasteiger partial charge on any atom is 0.285 e. The molecule has 2 amide bonds.